The lowest BCUT2D eigenvalue weighted by atomic mass is 10.1. The smallest absolute Gasteiger partial charge is 0.0459 e. The summed E-state index contributed by atoms with van der Waals surface area (Å²) in [5, 5.41) is 4.70. The Labute approximate surface area is 102 Å². The average molecular weight is 229 g/mol. The molecule has 0 saturated carbocycles. The normalized spacial score (nSPS) is 17.7. The van der Waals surface area contributed by atoms with Gasteiger partial charge in [0.2, 0.25) is 0 Å². The minimum atomic E-state index is 1.07. The van der Waals surface area contributed by atoms with Gasteiger partial charge in [0.25, 0.3) is 0 Å². The standard InChI is InChI=1S/C14H19N3/c1-11-8-13-3-2-12(9-14(13)16-11)10-17-6-4-15-5-7-17/h2-3,8-9,15-16H,4-7,10H2,1H3. The molecule has 3 heteroatoms. The maximum Gasteiger partial charge on any atom is 0.0459 e. The van der Waals surface area contributed by atoms with E-state index in [4.69, 9.17) is 0 Å². The number of hydrogen-bond acceptors (Lipinski definition) is 2. The molecule has 1 aliphatic heterocycles. The van der Waals surface area contributed by atoms with Gasteiger partial charge in [0.15, 0.2) is 0 Å². The SMILES string of the molecule is Cc1cc2ccc(CN3CCNCC3)cc2[nH]1. The Morgan fingerprint density at radius 2 is 2.00 bits per heavy atom. The first kappa shape index (κ1) is 10.8. The zero-order valence-electron chi connectivity index (χ0n) is 10.3. The van der Waals surface area contributed by atoms with Crippen LogP contribution >= 0.6 is 0 Å². The fourth-order valence-corrected chi connectivity index (χ4v) is 2.55. The van der Waals surface area contributed by atoms with Crippen LogP contribution in [0.3, 0.4) is 0 Å². The summed E-state index contributed by atoms with van der Waals surface area (Å²) in [6.07, 6.45) is 0. The van der Waals surface area contributed by atoms with Gasteiger partial charge in [-0.3, -0.25) is 4.90 Å². The van der Waals surface area contributed by atoms with Crippen molar-refractivity contribution in [3.63, 3.8) is 0 Å². The van der Waals surface area contributed by atoms with Gasteiger partial charge >= 0.3 is 0 Å². The summed E-state index contributed by atoms with van der Waals surface area (Å²) >= 11 is 0. The topological polar surface area (TPSA) is 31.1 Å². The lowest BCUT2D eigenvalue weighted by Gasteiger charge is -2.27. The predicted molar refractivity (Wildman–Crippen MR) is 71.2 cm³/mol. The second-order valence-corrected chi connectivity index (χ2v) is 4.90. The molecule has 2 heterocycles. The molecule has 1 aromatic carbocycles. The van der Waals surface area contributed by atoms with E-state index >= 15 is 0 Å². The largest absolute Gasteiger partial charge is 0.359 e. The summed E-state index contributed by atoms with van der Waals surface area (Å²) in [6.45, 7) is 7.71. The lowest BCUT2D eigenvalue weighted by Crippen LogP contribution is -2.42. The lowest BCUT2D eigenvalue weighted by molar-refractivity contribution is 0.233. The van der Waals surface area contributed by atoms with Crippen molar-refractivity contribution in [3.8, 4) is 0 Å². The molecule has 1 saturated heterocycles. The van der Waals surface area contributed by atoms with Crippen LogP contribution in [-0.2, 0) is 6.54 Å². The molecule has 0 atom stereocenters. The number of benzene rings is 1. The number of aromatic amines is 1. The van der Waals surface area contributed by atoms with E-state index in [1.807, 2.05) is 0 Å². The van der Waals surface area contributed by atoms with Crippen molar-refractivity contribution < 1.29 is 0 Å². The fraction of sp³-hybridized carbons (Fsp3) is 0.429. The summed E-state index contributed by atoms with van der Waals surface area (Å²) in [7, 11) is 0. The third-order valence-corrected chi connectivity index (χ3v) is 3.44. The van der Waals surface area contributed by atoms with Gasteiger partial charge in [0, 0.05) is 43.9 Å². The molecule has 1 aliphatic rings. The summed E-state index contributed by atoms with van der Waals surface area (Å²) in [5.74, 6) is 0. The summed E-state index contributed by atoms with van der Waals surface area (Å²) in [6, 6.07) is 8.95. The fourth-order valence-electron chi connectivity index (χ4n) is 2.55. The van der Waals surface area contributed by atoms with Gasteiger partial charge in [0.05, 0.1) is 0 Å². The number of piperazine rings is 1. The molecule has 90 valence electrons. The Morgan fingerprint density at radius 1 is 1.18 bits per heavy atom. The number of nitrogens with zero attached hydrogens (tertiary/aromatic N) is 1. The van der Waals surface area contributed by atoms with Crippen molar-refractivity contribution in [2.45, 2.75) is 13.5 Å². The van der Waals surface area contributed by atoms with Crippen molar-refractivity contribution >= 4 is 10.9 Å². The molecule has 2 N–H and O–H groups in total. The number of rotatable bonds is 2. The summed E-state index contributed by atoms with van der Waals surface area (Å²) in [4.78, 5) is 5.91. The Balaban J connectivity index is 1.79. The number of fused-ring (bicyclic) bond motifs is 1. The first-order chi connectivity index (χ1) is 8.31. The minimum absolute atomic E-state index is 1.07. The van der Waals surface area contributed by atoms with Crippen LogP contribution in [0.15, 0.2) is 24.3 Å². The monoisotopic (exact) mass is 229 g/mol. The number of nitrogens with one attached hydrogen (secondary N) is 2. The number of aromatic nitrogens is 1. The van der Waals surface area contributed by atoms with Crippen molar-refractivity contribution in [3.05, 3.63) is 35.5 Å². The molecular weight excluding hydrogens is 210 g/mol. The minimum Gasteiger partial charge on any atom is -0.359 e. The van der Waals surface area contributed by atoms with Gasteiger partial charge in [0.1, 0.15) is 0 Å². The van der Waals surface area contributed by atoms with Crippen molar-refractivity contribution in [1.82, 2.24) is 15.2 Å². The molecule has 1 aromatic heterocycles. The molecule has 3 rings (SSSR count). The van der Waals surface area contributed by atoms with Crippen LogP contribution in [0, 0.1) is 6.92 Å². The van der Waals surface area contributed by atoms with Gasteiger partial charge in [-0.25, -0.2) is 0 Å². The van der Waals surface area contributed by atoms with Gasteiger partial charge in [-0.15, -0.1) is 0 Å². The molecule has 0 bridgehead atoms. The maximum absolute atomic E-state index is 3.41. The van der Waals surface area contributed by atoms with Crippen LogP contribution in [0.1, 0.15) is 11.3 Å². The third kappa shape index (κ3) is 2.35. The molecule has 17 heavy (non-hydrogen) atoms. The zero-order valence-corrected chi connectivity index (χ0v) is 10.3. The highest BCUT2D eigenvalue weighted by atomic mass is 15.2. The highest BCUT2D eigenvalue weighted by Gasteiger charge is 2.10. The highest BCUT2D eigenvalue weighted by Crippen LogP contribution is 2.17. The molecule has 1 fully saturated rings. The molecule has 0 unspecified atom stereocenters. The predicted octanol–water partition coefficient (Wildman–Crippen LogP) is 1.88. The Hall–Kier alpha value is -1.32. The molecule has 0 aliphatic carbocycles. The van der Waals surface area contributed by atoms with E-state index in [2.05, 4.69) is 46.4 Å². The van der Waals surface area contributed by atoms with Crippen LogP contribution in [0.2, 0.25) is 0 Å². The van der Waals surface area contributed by atoms with Crippen LogP contribution in [0.4, 0.5) is 0 Å². The Kier molecular flexibility index (Phi) is 2.87. The first-order valence-electron chi connectivity index (χ1n) is 6.32. The number of aryl methyl sites for hydroxylation is 1. The Morgan fingerprint density at radius 3 is 2.82 bits per heavy atom. The molecule has 0 radical (unpaired) electrons. The van der Waals surface area contributed by atoms with E-state index in [1.165, 1.54) is 22.2 Å². The Bertz CT molecular complexity index is 509. The second kappa shape index (κ2) is 4.51. The van der Waals surface area contributed by atoms with Gasteiger partial charge in [-0.1, -0.05) is 12.1 Å². The zero-order chi connectivity index (χ0) is 11.7. The molecule has 0 amide bonds. The quantitative estimate of drug-likeness (QED) is 0.824. The summed E-state index contributed by atoms with van der Waals surface area (Å²) in [5.41, 5.74) is 3.90. The van der Waals surface area contributed by atoms with E-state index < -0.39 is 0 Å². The first-order valence-corrected chi connectivity index (χ1v) is 6.32. The molecule has 2 aromatic rings. The highest BCUT2D eigenvalue weighted by molar-refractivity contribution is 5.80. The summed E-state index contributed by atoms with van der Waals surface area (Å²) < 4.78 is 0. The molecule has 3 nitrogen and oxygen atoms in total. The van der Waals surface area contributed by atoms with E-state index in [-0.39, 0.29) is 0 Å². The average Bonchev–Trinajstić information content (AvgIpc) is 2.70. The van der Waals surface area contributed by atoms with E-state index in [0.717, 1.165) is 32.7 Å². The van der Waals surface area contributed by atoms with Gasteiger partial charge in [-0.2, -0.15) is 0 Å². The third-order valence-electron chi connectivity index (χ3n) is 3.44. The van der Waals surface area contributed by atoms with Crippen LogP contribution in [0.5, 0.6) is 0 Å². The van der Waals surface area contributed by atoms with E-state index in [0.29, 0.717) is 0 Å². The van der Waals surface area contributed by atoms with Crippen molar-refractivity contribution in [2.75, 3.05) is 26.2 Å². The van der Waals surface area contributed by atoms with Crippen LogP contribution in [0.25, 0.3) is 10.9 Å². The van der Waals surface area contributed by atoms with Crippen molar-refractivity contribution in [2.24, 2.45) is 0 Å². The number of H-pyrrole nitrogens is 1. The van der Waals surface area contributed by atoms with E-state index in [1.54, 1.807) is 0 Å². The second-order valence-electron chi connectivity index (χ2n) is 4.90. The molecule has 0 spiro atoms. The van der Waals surface area contributed by atoms with Crippen LogP contribution in [-0.4, -0.2) is 36.1 Å². The van der Waals surface area contributed by atoms with Crippen LogP contribution < -0.4 is 5.32 Å². The molecular formula is C14H19N3. The number of hydrogen-bond donors (Lipinski definition) is 2. The maximum atomic E-state index is 3.41. The van der Waals surface area contributed by atoms with Gasteiger partial charge < -0.3 is 10.3 Å². The van der Waals surface area contributed by atoms with Gasteiger partial charge in [-0.05, 0) is 30.0 Å². The van der Waals surface area contributed by atoms with Crippen molar-refractivity contribution in [1.29, 1.82) is 0 Å². The van der Waals surface area contributed by atoms with E-state index in [9.17, 15) is 0 Å².